The minimum atomic E-state index is -0.118. The number of benzene rings is 1. The molecular formula is C19H20N2O4. The van der Waals surface area contributed by atoms with E-state index in [9.17, 15) is 4.79 Å². The van der Waals surface area contributed by atoms with Gasteiger partial charge in [-0.05, 0) is 32.8 Å². The lowest BCUT2D eigenvalue weighted by Crippen LogP contribution is -2.30. The molecule has 0 aliphatic carbocycles. The van der Waals surface area contributed by atoms with Crippen LogP contribution in [0.5, 0.6) is 5.75 Å². The molecule has 4 rings (SSSR count). The van der Waals surface area contributed by atoms with Gasteiger partial charge in [0, 0.05) is 23.6 Å². The van der Waals surface area contributed by atoms with Crippen LogP contribution in [0.15, 0.2) is 33.2 Å². The molecule has 1 atom stereocenters. The Morgan fingerprint density at radius 2 is 2.20 bits per heavy atom. The minimum absolute atomic E-state index is 0.0943. The van der Waals surface area contributed by atoms with Gasteiger partial charge >= 0.3 is 0 Å². The van der Waals surface area contributed by atoms with Crippen molar-refractivity contribution in [1.29, 1.82) is 0 Å². The first-order valence-corrected chi connectivity index (χ1v) is 8.40. The van der Waals surface area contributed by atoms with Gasteiger partial charge in [0.05, 0.1) is 18.8 Å². The van der Waals surface area contributed by atoms with E-state index < -0.39 is 0 Å². The SMILES string of the molecule is COc1cccc2c(C)c(C(=O)N3CCC[C@H]3c3cc(C)no3)oc12. The second-order valence-electron chi connectivity index (χ2n) is 6.42. The quantitative estimate of drug-likeness (QED) is 0.720. The Hall–Kier alpha value is -2.76. The molecule has 1 aromatic carbocycles. The molecule has 1 aliphatic heterocycles. The molecule has 0 radical (unpaired) electrons. The predicted octanol–water partition coefficient (Wildman–Crippen LogP) is 4.02. The first-order chi connectivity index (χ1) is 12.1. The van der Waals surface area contributed by atoms with E-state index in [0.717, 1.165) is 35.2 Å². The topological polar surface area (TPSA) is 68.7 Å². The number of carbonyl (C=O) groups is 1. The van der Waals surface area contributed by atoms with Crippen LogP contribution in [-0.2, 0) is 0 Å². The van der Waals surface area contributed by atoms with Crippen molar-refractivity contribution in [3.05, 3.63) is 47.0 Å². The third-order valence-corrected chi connectivity index (χ3v) is 4.83. The van der Waals surface area contributed by atoms with E-state index >= 15 is 0 Å². The Labute approximate surface area is 145 Å². The maximum Gasteiger partial charge on any atom is 0.290 e. The Balaban J connectivity index is 1.73. The Bertz CT molecular complexity index is 940. The number of fused-ring (bicyclic) bond motifs is 1. The van der Waals surface area contributed by atoms with Gasteiger partial charge in [0.2, 0.25) is 0 Å². The van der Waals surface area contributed by atoms with Crippen molar-refractivity contribution in [2.75, 3.05) is 13.7 Å². The number of hydrogen-bond acceptors (Lipinski definition) is 5. The molecule has 0 bridgehead atoms. The number of methoxy groups -OCH3 is 1. The Kier molecular flexibility index (Phi) is 3.75. The molecule has 0 spiro atoms. The summed E-state index contributed by atoms with van der Waals surface area (Å²) in [6.45, 7) is 4.46. The summed E-state index contributed by atoms with van der Waals surface area (Å²) in [5, 5.41) is 4.85. The molecule has 0 N–H and O–H groups in total. The van der Waals surface area contributed by atoms with Crippen LogP contribution in [0, 0.1) is 13.8 Å². The number of amides is 1. The highest BCUT2D eigenvalue weighted by Crippen LogP contribution is 2.37. The Morgan fingerprint density at radius 1 is 1.36 bits per heavy atom. The summed E-state index contributed by atoms with van der Waals surface area (Å²) >= 11 is 0. The molecule has 3 heterocycles. The summed E-state index contributed by atoms with van der Waals surface area (Å²) in [5.41, 5.74) is 2.26. The molecular weight excluding hydrogens is 320 g/mol. The molecule has 6 nitrogen and oxygen atoms in total. The standard InChI is InChI=1S/C19H20N2O4/c1-11-10-16(25-20-11)14-7-5-9-21(14)19(22)17-12(2)13-6-4-8-15(23-3)18(13)24-17/h4,6,8,10,14H,5,7,9H2,1-3H3/t14-/m0/s1. The number of aromatic nitrogens is 1. The normalized spacial score (nSPS) is 17.4. The molecule has 1 amide bonds. The summed E-state index contributed by atoms with van der Waals surface area (Å²) in [6, 6.07) is 7.46. The fraction of sp³-hybridized carbons (Fsp3) is 0.368. The van der Waals surface area contributed by atoms with Crippen molar-refractivity contribution in [3.63, 3.8) is 0 Å². The summed E-state index contributed by atoms with van der Waals surface area (Å²) < 4.78 is 16.7. The van der Waals surface area contributed by atoms with Crippen molar-refractivity contribution < 1.29 is 18.5 Å². The van der Waals surface area contributed by atoms with Crippen molar-refractivity contribution in [2.24, 2.45) is 0 Å². The van der Waals surface area contributed by atoms with Gasteiger partial charge < -0.3 is 18.6 Å². The number of carbonyl (C=O) groups excluding carboxylic acids is 1. The van der Waals surface area contributed by atoms with Gasteiger partial charge in [-0.15, -0.1) is 0 Å². The van der Waals surface area contributed by atoms with Gasteiger partial charge in [0.1, 0.15) is 0 Å². The fourth-order valence-corrected chi connectivity index (χ4v) is 3.56. The van der Waals surface area contributed by atoms with E-state index in [0.29, 0.717) is 23.6 Å². The first-order valence-electron chi connectivity index (χ1n) is 8.40. The zero-order valence-electron chi connectivity index (χ0n) is 14.5. The third kappa shape index (κ3) is 2.49. The lowest BCUT2D eigenvalue weighted by atomic mass is 10.1. The van der Waals surface area contributed by atoms with Crippen LogP contribution in [0.25, 0.3) is 11.0 Å². The van der Waals surface area contributed by atoms with Crippen LogP contribution in [-0.4, -0.2) is 29.6 Å². The van der Waals surface area contributed by atoms with Crippen LogP contribution in [0.4, 0.5) is 0 Å². The number of aryl methyl sites for hydroxylation is 2. The third-order valence-electron chi connectivity index (χ3n) is 4.83. The molecule has 0 unspecified atom stereocenters. The number of ether oxygens (including phenoxy) is 1. The number of nitrogens with zero attached hydrogens (tertiary/aromatic N) is 2. The molecule has 6 heteroatoms. The average molecular weight is 340 g/mol. The number of likely N-dealkylation sites (tertiary alicyclic amines) is 1. The minimum Gasteiger partial charge on any atom is -0.493 e. The monoisotopic (exact) mass is 340 g/mol. The smallest absolute Gasteiger partial charge is 0.290 e. The van der Waals surface area contributed by atoms with Crippen LogP contribution >= 0.6 is 0 Å². The van der Waals surface area contributed by atoms with Crippen LogP contribution < -0.4 is 4.74 Å². The van der Waals surface area contributed by atoms with Gasteiger partial charge in [-0.2, -0.15) is 0 Å². The second kappa shape index (κ2) is 5.95. The van der Waals surface area contributed by atoms with E-state index in [1.165, 1.54) is 0 Å². The van der Waals surface area contributed by atoms with Crippen molar-refractivity contribution >= 4 is 16.9 Å². The molecule has 3 aromatic rings. The maximum absolute atomic E-state index is 13.2. The lowest BCUT2D eigenvalue weighted by molar-refractivity contribution is 0.0683. The average Bonchev–Trinajstić information content (AvgIpc) is 3.33. The van der Waals surface area contributed by atoms with Crippen molar-refractivity contribution in [2.45, 2.75) is 32.7 Å². The molecule has 0 saturated carbocycles. The van der Waals surface area contributed by atoms with E-state index in [4.69, 9.17) is 13.7 Å². The van der Waals surface area contributed by atoms with Crippen molar-refractivity contribution in [1.82, 2.24) is 10.1 Å². The summed E-state index contributed by atoms with van der Waals surface area (Å²) in [4.78, 5) is 15.0. The zero-order valence-corrected chi connectivity index (χ0v) is 14.5. The van der Waals surface area contributed by atoms with Gasteiger partial charge in [-0.1, -0.05) is 17.3 Å². The highest BCUT2D eigenvalue weighted by molar-refractivity contribution is 6.00. The summed E-state index contributed by atoms with van der Waals surface area (Å²) in [6.07, 6.45) is 1.79. The van der Waals surface area contributed by atoms with E-state index in [1.54, 1.807) is 7.11 Å². The molecule has 130 valence electrons. The lowest BCUT2D eigenvalue weighted by Gasteiger charge is -2.21. The molecule has 1 fully saturated rings. The predicted molar refractivity (Wildman–Crippen MR) is 91.8 cm³/mol. The molecule has 1 saturated heterocycles. The largest absolute Gasteiger partial charge is 0.493 e. The van der Waals surface area contributed by atoms with Crippen molar-refractivity contribution in [3.8, 4) is 5.75 Å². The number of para-hydroxylation sites is 1. The van der Waals surface area contributed by atoms with Gasteiger partial charge in [-0.25, -0.2) is 0 Å². The zero-order chi connectivity index (χ0) is 17.6. The summed E-state index contributed by atoms with van der Waals surface area (Å²) in [7, 11) is 1.59. The first kappa shape index (κ1) is 15.7. The van der Waals surface area contributed by atoms with E-state index in [-0.39, 0.29) is 11.9 Å². The number of furan rings is 1. The second-order valence-corrected chi connectivity index (χ2v) is 6.42. The van der Waals surface area contributed by atoms with E-state index in [2.05, 4.69) is 5.16 Å². The highest BCUT2D eigenvalue weighted by Gasteiger charge is 2.35. The molecule has 1 aliphatic rings. The fourth-order valence-electron chi connectivity index (χ4n) is 3.56. The van der Waals surface area contributed by atoms with Crippen LogP contribution in [0.2, 0.25) is 0 Å². The summed E-state index contributed by atoms with van der Waals surface area (Å²) in [5.74, 6) is 1.60. The number of rotatable bonds is 3. The maximum atomic E-state index is 13.2. The van der Waals surface area contributed by atoms with Gasteiger partial charge in [0.15, 0.2) is 22.9 Å². The Morgan fingerprint density at radius 3 is 2.92 bits per heavy atom. The van der Waals surface area contributed by atoms with Crippen LogP contribution in [0.1, 0.15) is 46.5 Å². The van der Waals surface area contributed by atoms with E-state index in [1.807, 2.05) is 43.0 Å². The molecule has 2 aromatic heterocycles. The van der Waals surface area contributed by atoms with Crippen LogP contribution in [0.3, 0.4) is 0 Å². The van der Waals surface area contributed by atoms with Gasteiger partial charge in [0.25, 0.3) is 5.91 Å². The highest BCUT2D eigenvalue weighted by atomic mass is 16.5. The number of hydrogen-bond donors (Lipinski definition) is 0. The molecule has 25 heavy (non-hydrogen) atoms. The van der Waals surface area contributed by atoms with Gasteiger partial charge in [-0.3, -0.25) is 4.79 Å².